The third-order valence-electron chi connectivity index (χ3n) is 4.43. The highest BCUT2D eigenvalue weighted by Gasteiger charge is 2.25. The van der Waals surface area contributed by atoms with Crippen LogP contribution in [0, 0.1) is 0 Å². The Hall–Kier alpha value is -1.55. The van der Waals surface area contributed by atoms with Crippen LogP contribution in [0.2, 0.25) is 0 Å². The first-order chi connectivity index (χ1) is 13.2. The second-order valence-corrected chi connectivity index (χ2v) is 6.50. The number of amides is 1. The molecule has 8 heteroatoms. The number of aliphatic imine (C=N–C) groups is 1. The SMILES string of the molecule is CCNC(=NCc1ccc(OCCOC)cc1)NC1CCN(C(=O)CC)C1.I. The number of hydrogen-bond donors (Lipinski definition) is 2. The van der Waals surface area contributed by atoms with E-state index in [-0.39, 0.29) is 35.9 Å². The number of nitrogens with zero attached hydrogens (tertiary/aromatic N) is 2. The van der Waals surface area contributed by atoms with Crippen LogP contribution in [0.15, 0.2) is 29.3 Å². The molecule has 1 fully saturated rings. The van der Waals surface area contributed by atoms with Crippen molar-refractivity contribution in [2.45, 2.75) is 39.3 Å². The molecule has 1 amide bonds. The lowest BCUT2D eigenvalue weighted by atomic mass is 10.2. The Morgan fingerprint density at radius 2 is 2.00 bits per heavy atom. The predicted octanol–water partition coefficient (Wildman–Crippen LogP) is 2.40. The number of ether oxygens (including phenoxy) is 2. The van der Waals surface area contributed by atoms with E-state index >= 15 is 0 Å². The van der Waals surface area contributed by atoms with E-state index in [9.17, 15) is 4.79 Å². The van der Waals surface area contributed by atoms with Gasteiger partial charge in [-0.25, -0.2) is 4.99 Å². The molecule has 158 valence electrons. The normalized spacial score (nSPS) is 16.5. The van der Waals surface area contributed by atoms with Crippen molar-refractivity contribution in [3.63, 3.8) is 0 Å². The Labute approximate surface area is 185 Å². The summed E-state index contributed by atoms with van der Waals surface area (Å²) in [5, 5.41) is 6.73. The topological polar surface area (TPSA) is 75.2 Å². The van der Waals surface area contributed by atoms with Gasteiger partial charge < -0.3 is 25.0 Å². The fourth-order valence-electron chi connectivity index (χ4n) is 2.95. The Kier molecular flexibility index (Phi) is 11.9. The van der Waals surface area contributed by atoms with Crippen molar-refractivity contribution in [1.29, 1.82) is 0 Å². The van der Waals surface area contributed by atoms with E-state index in [4.69, 9.17) is 9.47 Å². The molecule has 1 aliphatic heterocycles. The summed E-state index contributed by atoms with van der Waals surface area (Å²) >= 11 is 0. The molecular formula is C20H33IN4O3. The van der Waals surface area contributed by atoms with Gasteiger partial charge >= 0.3 is 0 Å². The summed E-state index contributed by atoms with van der Waals surface area (Å²) in [6.07, 6.45) is 1.51. The van der Waals surface area contributed by atoms with Gasteiger partial charge in [0.15, 0.2) is 5.96 Å². The van der Waals surface area contributed by atoms with Crippen molar-refractivity contribution in [3.05, 3.63) is 29.8 Å². The summed E-state index contributed by atoms with van der Waals surface area (Å²) in [5.74, 6) is 1.83. The molecule has 0 saturated carbocycles. The number of benzene rings is 1. The first kappa shape index (κ1) is 24.5. The number of guanidine groups is 1. The van der Waals surface area contributed by atoms with E-state index in [1.165, 1.54) is 0 Å². The third kappa shape index (κ3) is 8.22. The van der Waals surface area contributed by atoms with Crippen molar-refractivity contribution in [2.24, 2.45) is 4.99 Å². The minimum atomic E-state index is 0. The molecule has 2 N–H and O–H groups in total. The summed E-state index contributed by atoms with van der Waals surface area (Å²) in [5.41, 5.74) is 1.11. The lowest BCUT2D eigenvalue weighted by Gasteiger charge is -2.18. The van der Waals surface area contributed by atoms with Gasteiger partial charge in [-0.05, 0) is 31.0 Å². The highest BCUT2D eigenvalue weighted by molar-refractivity contribution is 14.0. The fourth-order valence-corrected chi connectivity index (χ4v) is 2.95. The Bertz CT molecular complexity index is 610. The van der Waals surface area contributed by atoms with Gasteiger partial charge in [-0.2, -0.15) is 0 Å². The minimum Gasteiger partial charge on any atom is -0.491 e. The van der Waals surface area contributed by atoms with E-state index in [0.29, 0.717) is 26.2 Å². The average molecular weight is 504 g/mol. The zero-order valence-electron chi connectivity index (χ0n) is 17.1. The molecule has 1 aliphatic rings. The van der Waals surface area contributed by atoms with Crippen LogP contribution in [-0.4, -0.2) is 62.8 Å². The Balaban J connectivity index is 0.00000392. The number of carbonyl (C=O) groups excluding carboxylic acids is 1. The van der Waals surface area contributed by atoms with Gasteiger partial charge in [0.2, 0.25) is 5.91 Å². The summed E-state index contributed by atoms with van der Waals surface area (Å²) < 4.78 is 10.6. The van der Waals surface area contributed by atoms with Crippen molar-refractivity contribution in [3.8, 4) is 5.75 Å². The van der Waals surface area contributed by atoms with Crippen LogP contribution in [0.1, 0.15) is 32.3 Å². The maximum Gasteiger partial charge on any atom is 0.222 e. The molecule has 1 aromatic carbocycles. The number of hydrogen-bond acceptors (Lipinski definition) is 4. The molecule has 0 aromatic heterocycles. The number of halogens is 1. The summed E-state index contributed by atoms with van der Waals surface area (Å²) in [6, 6.07) is 8.19. The molecule has 1 heterocycles. The monoisotopic (exact) mass is 504 g/mol. The van der Waals surface area contributed by atoms with E-state index < -0.39 is 0 Å². The molecular weight excluding hydrogens is 471 g/mol. The average Bonchev–Trinajstić information content (AvgIpc) is 3.15. The van der Waals surface area contributed by atoms with Crippen LogP contribution in [0.5, 0.6) is 5.75 Å². The van der Waals surface area contributed by atoms with Gasteiger partial charge in [-0.1, -0.05) is 19.1 Å². The van der Waals surface area contributed by atoms with Gasteiger partial charge in [0.05, 0.1) is 13.2 Å². The van der Waals surface area contributed by atoms with Crippen LogP contribution in [-0.2, 0) is 16.1 Å². The zero-order chi connectivity index (χ0) is 19.5. The molecule has 0 bridgehead atoms. The number of nitrogens with one attached hydrogen (secondary N) is 2. The maximum absolute atomic E-state index is 11.8. The molecule has 1 unspecified atom stereocenters. The molecule has 0 spiro atoms. The van der Waals surface area contributed by atoms with Crippen LogP contribution in [0.3, 0.4) is 0 Å². The minimum absolute atomic E-state index is 0. The second-order valence-electron chi connectivity index (χ2n) is 6.50. The fraction of sp³-hybridized carbons (Fsp3) is 0.600. The molecule has 1 atom stereocenters. The van der Waals surface area contributed by atoms with Crippen LogP contribution < -0.4 is 15.4 Å². The van der Waals surface area contributed by atoms with Crippen molar-refractivity contribution in [2.75, 3.05) is 40.0 Å². The molecule has 2 rings (SSSR count). The summed E-state index contributed by atoms with van der Waals surface area (Å²) in [4.78, 5) is 18.4. The molecule has 28 heavy (non-hydrogen) atoms. The lowest BCUT2D eigenvalue weighted by molar-refractivity contribution is -0.129. The smallest absolute Gasteiger partial charge is 0.222 e. The lowest BCUT2D eigenvalue weighted by Crippen LogP contribution is -2.45. The first-order valence-electron chi connectivity index (χ1n) is 9.69. The Morgan fingerprint density at radius 1 is 1.25 bits per heavy atom. The van der Waals surface area contributed by atoms with E-state index in [2.05, 4.69) is 15.6 Å². The quantitative estimate of drug-likeness (QED) is 0.234. The van der Waals surface area contributed by atoms with E-state index in [0.717, 1.165) is 43.3 Å². The number of carbonyl (C=O) groups is 1. The maximum atomic E-state index is 11.8. The molecule has 1 aromatic rings. The van der Waals surface area contributed by atoms with Crippen molar-refractivity contribution in [1.82, 2.24) is 15.5 Å². The highest BCUT2D eigenvalue weighted by atomic mass is 127. The van der Waals surface area contributed by atoms with Crippen LogP contribution >= 0.6 is 24.0 Å². The molecule has 1 saturated heterocycles. The van der Waals surface area contributed by atoms with Gasteiger partial charge in [-0.3, -0.25) is 4.79 Å². The molecule has 7 nitrogen and oxygen atoms in total. The van der Waals surface area contributed by atoms with Gasteiger partial charge in [0, 0.05) is 39.2 Å². The summed E-state index contributed by atoms with van der Waals surface area (Å²) in [7, 11) is 1.66. The second kappa shape index (κ2) is 13.6. The highest BCUT2D eigenvalue weighted by Crippen LogP contribution is 2.13. The predicted molar refractivity (Wildman–Crippen MR) is 122 cm³/mol. The zero-order valence-corrected chi connectivity index (χ0v) is 19.4. The third-order valence-corrected chi connectivity index (χ3v) is 4.43. The van der Waals surface area contributed by atoms with Gasteiger partial charge in [0.1, 0.15) is 12.4 Å². The first-order valence-corrected chi connectivity index (χ1v) is 9.69. The van der Waals surface area contributed by atoms with Crippen LogP contribution in [0.4, 0.5) is 0 Å². The largest absolute Gasteiger partial charge is 0.491 e. The standard InChI is InChI=1S/C20H32N4O3.HI/c1-4-19(25)24-11-10-17(15-24)23-20(21-5-2)22-14-16-6-8-18(9-7-16)27-13-12-26-3;/h6-9,17H,4-5,10-15H2,1-3H3,(H2,21,22,23);1H. The number of rotatable bonds is 9. The molecule has 0 radical (unpaired) electrons. The van der Waals surface area contributed by atoms with Crippen LogP contribution in [0.25, 0.3) is 0 Å². The number of methoxy groups -OCH3 is 1. The summed E-state index contributed by atoms with van der Waals surface area (Å²) in [6.45, 7) is 8.00. The van der Waals surface area contributed by atoms with Crippen molar-refractivity contribution < 1.29 is 14.3 Å². The van der Waals surface area contributed by atoms with Gasteiger partial charge in [-0.15, -0.1) is 24.0 Å². The van der Waals surface area contributed by atoms with E-state index in [1.807, 2.05) is 43.0 Å². The van der Waals surface area contributed by atoms with Gasteiger partial charge in [0.25, 0.3) is 0 Å². The van der Waals surface area contributed by atoms with E-state index in [1.54, 1.807) is 7.11 Å². The number of likely N-dealkylation sites (tertiary alicyclic amines) is 1. The van der Waals surface area contributed by atoms with Crippen molar-refractivity contribution >= 4 is 35.8 Å². The Morgan fingerprint density at radius 3 is 2.64 bits per heavy atom. The molecule has 0 aliphatic carbocycles.